The van der Waals surface area contributed by atoms with Crippen LogP contribution in [0.2, 0.25) is 0 Å². The Labute approximate surface area is 480 Å². The zero-order valence-corrected chi connectivity index (χ0v) is 49.9. The molecule has 79 heavy (non-hydrogen) atoms. The molecule has 0 aromatic rings. The summed E-state index contributed by atoms with van der Waals surface area (Å²) in [6, 6.07) is -0.942. The van der Waals surface area contributed by atoms with Gasteiger partial charge in [0.15, 0.2) is 12.6 Å². The SMILES string of the molecule is CCCCC/C=C\CCCCCCCC(=O)NC(COC1OC(CO)C(OC2OC(CO)C(O)C(O)C2O)C(O)C1O)C(O)/C=C/CC/C=C/CC/C=C/CCCCCCCCCCCCCCCCCCCCCCCCC. The lowest BCUT2D eigenvalue weighted by Gasteiger charge is -2.46. The lowest BCUT2D eigenvalue weighted by molar-refractivity contribution is -0.359. The monoisotopic (exact) mass is 1120 g/mol. The molecule has 14 heteroatoms. The molecule has 1 amide bonds. The van der Waals surface area contributed by atoms with Crippen LogP contribution in [0, 0.1) is 0 Å². The minimum atomic E-state index is -1.79. The third-order valence-electron chi connectivity index (χ3n) is 15.7. The highest BCUT2D eigenvalue weighted by Crippen LogP contribution is 2.30. The molecule has 0 aliphatic carbocycles. The van der Waals surface area contributed by atoms with E-state index in [1.807, 2.05) is 6.08 Å². The van der Waals surface area contributed by atoms with Crippen LogP contribution in [0.15, 0.2) is 48.6 Å². The smallest absolute Gasteiger partial charge is 0.220 e. The number of hydrogen-bond acceptors (Lipinski definition) is 13. The summed E-state index contributed by atoms with van der Waals surface area (Å²) in [5, 5.41) is 87.0. The minimum Gasteiger partial charge on any atom is -0.394 e. The number of ether oxygens (including phenoxy) is 4. The zero-order chi connectivity index (χ0) is 57.4. The highest BCUT2D eigenvalue weighted by atomic mass is 16.7. The summed E-state index contributed by atoms with van der Waals surface area (Å²) in [7, 11) is 0. The summed E-state index contributed by atoms with van der Waals surface area (Å²) >= 11 is 0. The zero-order valence-electron chi connectivity index (χ0n) is 49.9. The van der Waals surface area contributed by atoms with Gasteiger partial charge in [-0.25, -0.2) is 0 Å². The van der Waals surface area contributed by atoms with Crippen molar-refractivity contribution in [3.8, 4) is 0 Å². The first kappa shape index (κ1) is 73.1. The van der Waals surface area contributed by atoms with Crippen LogP contribution in [0.3, 0.4) is 0 Å². The second-order valence-corrected chi connectivity index (χ2v) is 22.9. The molecule has 0 bridgehead atoms. The molecule has 9 N–H and O–H groups in total. The fourth-order valence-corrected chi connectivity index (χ4v) is 10.5. The number of nitrogens with one attached hydrogen (secondary N) is 1. The van der Waals surface area contributed by atoms with Crippen molar-refractivity contribution in [3.63, 3.8) is 0 Å². The Bertz CT molecular complexity index is 1510. The van der Waals surface area contributed by atoms with Gasteiger partial charge in [-0.3, -0.25) is 4.79 Å². The van der Waals surface area contributed by atoms with Gasteiger partial charge in [0.05, 0.1) is 32.0 Å². The lowest BCUT2D eigenvalue weighted by Crippen LogP contribution is -2.65. The van der Waals surface area contributed by atoms with Crippen molar-refractivity contribution in [1.82, 2.24) is 5.32 Å². The van der Waals surface area contributed by atoms with E-state index in [1.54, 1.807) is 6.08 Å². The number of carbonyl (C=O) groups is 1. The molecule has 2 aliphatic rings. The van der Waals surface area contributed by atoms with Gasteiger partial charge in [-0.15, -0.1) is 0 Å². The molecule has 14 nitrogen and oxygen atoms in total. The maximum absolute atomic E-state index is 13.2. The lowest BCUT2D eigenvalue weighted by atomic mass is 9.97. The van der Waals surface area contributed by atoms with Gasteiger partial charge < -0.3 is 65.1 Å². The van der Waals surface area contributed by atoms with Crippen molar-refractivity contribution in [2.45, 2.75) is 338 Å². The molecular formula is C65H119NO13. The van der Waals surface area contributed by atoms with E-state index < -0.39 is 86.8 Å². The number of unbranched alkanes of at least 4 members (excludes halogenated alkanes) is 33. The maximum atomic E-state index is 13.2. The van der Waals surface area contributed by atoms with Crippen LogP contribution in [0.5, 0.6) is 0 Å². The minimum absolute atomic E-state index is 0.259. The first-order valence-electron chi connectivity index (χ1n) is 32.4. The van der Waals surface area contributed by atoms with Crippen LogP contribution < -0.4 is 5.32 Å². The average molecular weight is 1120 g/mol. The van der Waals surface area contributed by atoms with Crippen molar-refractivity contribution in [2.24, 2.45) is 0 Å². The average Bonchev–Trinajstić information content (AvgIpc) is 3.48. The van der Waals surface area contributed by atoms with Gasteiger partial charge in [-0.2, -0.15) is 0 Å². The van der Waals surface area contributed by atoms with Crippen LogP contribution in [-0.2, 0) is 23.7 Å². The molecule has 0 radical (unpaired) electrons. The van der Waals surface area contributed by atoms with Gasteiger partial charge in [0.25, 0.3) is 0 Å². The van der Waals surface area contributed by atoms with Crippen molar-refractivity contribution in [3.05, 3.63) is 48.6 Å². The van der Waals surface area contributed by atoms with Gasteiger partial charge in [0.2, 0.25) is 5.91 Å². The first-order chi connectivity index (χ1) is 38.6. The normalized spacial score (nSPS) is 24.7. The molecule has 12 unspecified atom stereocenters. The predicted octanol–water partition coefficient (Wildman–Crippen LogP) is 12.0. The number of carbonyl (C=O) groups excluding carboxylic acids is 1. The van der Waals surface area contributed by atoms with Crippen LogP contribution in [0.4, 0.5) is 0 Å². The second kappa shape index (κ2) is 50.5. The topological polar surface area (TPSA) is 228 Å². The molecule has 0 saturated carbocycles. The fraction of sp³-hybridized carbons (Fsp3) is 0.862. The molecule has 0 aromatic heterocycles. The van der Waals surface area contributed by atoms with Crippen LogP contribution in [-0.4, -0.2) is 140 Å². The highest BCUT2D eigenvalue weighted by molar-refractivity contribution is 5.76. The predicted molar refractivity (Wildman–Crippen MR) is 318 cm³/mol. The summed E-state index contributed by atoms with van der Waals surface area (Å²) in [6.07, 6.45) is 47.7. The van der Waals surface area contributed by atoms with E-state index >= 15 is 0 Å². The number of rotatable bonds is 52. The number of allylic oxidation sites excluding steroid dienone is 7. The molecule has 0 spiro atoms. The van der Waals surface area contributed by atoms with Crippen molar-refractivity contribution in [1.29, 1.82) is 0 Å². The summed E-state index contributed by atoms with van der Waals surface area (Å²) < 4.78 is 22.7. The summed E-state index contributed by atoms with van der Waals surface area (Å²) in [5.41, 5.74) is 0. The molecule has 2 saturated heterocycles. The molecule has 462 valence electrons. The van der Waals surface area contributed by atoms with Gasteiger partial charge in [-0.05, 0) is 70.6 Å². The second-order valence-electron chi connectivity index (χ2n) is 22.9. The van der Waals surface area contributed by atoms with Gasteiger partial charge in [0.1, 0.15) is 48.8 Å². The van der Waals surface area contributed by atoms with E-state index in [1.165, 1.54) is 167 Å². The maximum Gasteiger partial charge on any atom is 0.220 e. The number of aliphatic hydroxyl groups is 8. The Morgan fingerprint density at radius 2 is 0.810 bits per heavy atom. The van der Waals surface area contributed by atoms with E-state index in [-0.39, 0.29) is 18.9 Å². The Hall–Kier alpha value is -2.05. The summed E-state index contributed by atoms with van der Waals surface area (Å²) in [5.74, 6) is -0.263. The van der Waals surface area contributed by atoms with Crippen LogP contribution >= 0.6 is 0 Å². The number of amides is 1. The molecule has 2 heterocycles. The van der Waals surface area contributed by atoms with Crippen LogP contribution in [0.25, 0.3) is 0 Å². The Balaban J connectivity index is 1.67. The third kappa shape index (κ3) is 35.6. The summed E-state index contributed by atoms with van der Waals surface area (Å²) in [6.45, 7) is 2.75. The van der Waals surface area contributed by atoms with Crippen molar-refractivity contribution in [2.75, 3.05) is 19.8 Å². The highest BCUT2D eigenvalue weighted by Gasteiger charge is 2.51. The largest absolute Gasteiger partial charge is 0.394 e. The van der Waals surface area contributed by atoms with Crippen molar-refractivity contribution < 1.29 is 64.6 Å². The van der Waals surface area contributed by atoms with Gasteiger partial charge in [0, 0.05) is 6.42 Å². The molecule has 2 fully saturated rings. The Kier molecular flexibility index (Phi) is 46.7. The first-order valence-corrected chi connectivity index (χ1v) is 32.4. The van der Waals surface area contributed by atoms with Crippen LogP contribution in [0.1, 0.15) is 264 Å². The quantitative estimate of drug-likeness (QED) is 0.0204. The fourth-order valence-electron chi connectivity index (χ4n) is 10.5. The number of hydrogen-bond donors (Lipinski definition) is 9. The molecule has 2 rings (SSSR count). The van der Waals surface area contributed by atoms with E-state index in [2.05, 4.69) is 55.6 Å². The van der Waals surface area contributed by atoms with Gasteiger partial charge in [-0.1, -0.05) is 236 Å². The third-order valence-corrected chi connectivity index (χ3v) is 15.7. The van der Waals surface area contributed by atoms with E-state index in [4.69, 9.17) is 18.9 Å². The Morgan fingerprint density at radius 1 is 0.443 bits per heavy atom. The summed E-state index contributed by atoms with van der Waals surface area (Å²) in [4.78, 5) is 13.2. The number of aliphatic hydroxyl groups excluding tert-OH is 8. The Morgan fingerprint density at radius 3 is 1.27 bits per heavy atom. The van der Waals surface area contributed by atoms with E-state index in [0.717, 1.165) is 64.2 Å². The molecule has 0 aromatic carbocycles. The van der Waals surface area contributed by atoms with Gasteiger partial charge >= 0.3 is 0 Å². The molecule has 12 atom stereocenters. The van der Waals surface area contributed by atoms with E-state index in [0.29, 0.717) is 12.8 Å². The molecular weight excluding hydrogens is 1000 g/mol. The van der Waals surface area contributed by atoms with E-state index in [9.17, 15) is 45.6 Å². The standard InChI is InChI=1S/C65H119NO13/c1-3-5-7-9-11-13-15-17-18-19-20-21-22-23-24-25-26-27-28-29-30-31-32-33-34-35-36-37-38-40-42-44-46-48-54(69)53(66-57(70)49-47-45-43-41-39-16-14-12-10-8-6-4-2)52-76-64-62(75)60(73)63(56(51-68)78-64)79-65-61(74)59(72)58(71)55(50-67)77-65/h12,14,34-35,38,40,46,48,53-56,58-65,67-69,71-75H,3-11,13,15-33,36-37,39,41-45,47,49-52H2,1-2H3,(H,66,70)/b14-12-,35-34+,40-38+,48-46+. The van der Waals surface area contributed by atoms with Crippen molar-refractivity contribution >= 4 is 5.91 Å². The molecule has 2 aliphatic heterocycles.